The van der Waals surface area contributed by atoms with Crippen LogP contribution in [0.5, 0.6) is 0 Å². The Kier molecular flexibility index (Phi) is 5.79. The maximum Gasteiger partial charge on any atom is 0.317 e. The zero-order valence-electron chi connectivity index (χ0n) is 15.4. The molecule has 2 saturated carbocycles. The van der Waals surface area contributed by atoms with Gasteiger partial charge in [0, 0.05) is 0 Å². The lowest BCUT2D eigenvalue weighted by Crippen LogP contribution is -2.50. The molecule has 1 aromatic carbocycles. The van der Waals surface area contributed by atoms with Gasteiger partial charge in [0.25, 0.3) is 5.91 Å². The highest BCUT2D eigenvalue weighted by Gasteiger charge is 2.44. The number of amides is 1. The van der Waals surface area contributed by atoms with Crippen molar-refractivity contribution in [3.05, 3.63) is 35.6 Å². The first kappa shape index (κ1) is 19.3. The minimum atomic E-state index is -0.844. The lowest BCUT2D eigenvalue weighted by atomic mass is 9.79. The van der Waals surface area contributed by atoms with Crippen molar-refractivity contribution in [2.24, 2.45) is 0 Å². The quantitative estimate of drug-likeness (QED) is 0.802. The van der Waals surface area contributed by atoms with Crippen molar-refractivity contribution in [2.45, 2.75) is 68.7 Å². The third-order valence-electron chi connectivity index (χ3n) is 5.88. The van der Waals surface area contributed by atoms with Crippen LogP contribution in [0.4, 0.5) is 4.39 Å². The Bertz CT molecular complexity index is 727. The lowest BCUT2D eigenvalue weighted by molar-refractivity contribution is -0.154. The second-order valence-electron chi connectivity index (χ2n) is 7.67. The Morgan fingerprint density at radius 3 is 2.22 bits per heavy atom. The first-order chi connectivity index (χ1) is 13.0. The van der Waals surface area contributed by atoms with Crippen molar-refractivity contribution >= 4 is 11.9 Å². The van der Waals surface area contributed by atoms with Crippen molar-refractivity contribution in [1.82, 2.24) is 5.32 Å². The highest BCUT2D eigenvalue weighted by Crippen LogP contribution is 2.42. The lowest BCUT2D eigenvalue weighted by Gasteiger charge is -2.32. The van der Waals surface area contributed by atoms with E-state index in [0.717, 1.165) is 37.7 Å². The van der Waals surface area contributed by atoms with Gasteiger partial charge >= 0.3 is 5.97 Å². The van der Waals surface area contributed by atoms with Crippen LogP contribution < -0.4 is 5.32 Å². The van der Waals surface area contributed by atoms with Gasteiger partial charge in [0.1, 0.15) is 11.4 Å². The van der Waals surface area contributed by atoms with E-state index in [-0.39, 0.29) is 5.82 Å². The van der Waals surface area contributed by atoms with Crippen molar-refractivity contribution in [3.8, 4) is 6.07 Å². The maximum atomic E-state index is 13.3. The Hall–Kier alpha value is -2.42. The molecule has 6 heteroatoms. The van der Waals surface area contributed by atoms with E-state index < -0.39 is 29.4 Å². The number of benzene rings is 1. The van der Waals surface area contributed by atoms with Crippen LogP contribution in [-0.2, 0) is 19.7 Å². The first-order valence-corrected chi connectivity index (χ1v) is 9.65. The van der Waals surface area contributed by atoms with E-state index in [0.29, 0.717) is 25.7 Å². The number of nitrogens with zero attached hydrogens (tertiary/aromatic N) is 1. The van der Waals surface area contributed by atoms with Crippen LogP contribution in [0.3, 0.4) is 0 Å². The topological polar surface area (TPSA) is 79.2 Å². The second-order valence-corrected chi connectivity index (χ2v) is 7.67. The molecule has 1 aromatic rings. The summed E-state index contributed by atoms with van der Waals surface area (Å²) < 4.78 is 18.6. The maximum absolute atomic E-state index is 13.3. The average Bonchev–Trinajstić information content (AvgIpc) is 3.18. The van der Waals surface area contributed by atoms with Gasteiger partial charge in [-0.2, -0.15) is 5.26 Å². The van der Waals surface area contributed by atoms with Crippen molar-refractivity contribution in [2.75, 3.05) is 6.61 Å². The molecule has 2 aliphatic carbocycles. The third-order valence-corrected chi connectivity index (χ3v) is 5.88. The monoisotopic (exact) mass is 372 g/mol. The molecular weight excluding hydrogens is 347 g/mol. The number of halogens is 1. The van der Waals surface area contributed by atoms with Crippen molar-refractivity contribution in [1.29, 1.82) is 5.26 Å². The molecule has 0 saturated heterocycles. The molecule has 2 fully saturated rings. The van der Waals surface area contributed by atoms with Crippen molar-refractivity contribution in [3.63, 3.8) is 0 Å². The minimum absolute atomic E-state index is 0.353. The molecule has 0 bridgehead atoms. The number of ether oxygens (including phenoxy) is 1. The molecule has 0 aromatic heterocycles. The molecule has 2 aliphatic rings. The number of hydrogen-bond acceptors (Lipinski definition) is 4. The third kappa shape index (κ3) is 4.13. The van der Waals surface area contributed by atoms with E-state index in [1.807, 2.05) is 0 Å². The fourth-order valence-electron chi connectivity index (χ4n) is 4.35. The number of nitrogens with one attached hydrogen (secondary N) is 1. The van der Waals surface area contributed by atoms with E-state index >= 15 is 0 Å². The smallest absolute Gasteiger partial charge is 0.317 e. The standard InChI is InChI=1S/C21H25FN2O3/c22-17-8-6-16(7-9-17)21(12-4-5-13-21)19(26)27-14-18(25)24-20(15-23)10-2-1-3-11-20/h6-9H,1-5,10-14H2,(H,24,25). The molecule has 0 heterocycles. The number of nitriles is 1. The van der Waals surface area contributed by atoms with Gasteiger partial charge in [0.15, 0.2) is 6.61 Å². The summed E-state index contributed by atoms with van der Waals surface area (Å²) in [7, 11) is 0. The van der Waals surface area contributed by atoms with Gasteiger partial charge in [-0.05, 0) is 43.4 Å². The summed E-state index contributed by atoms with van der Waals surface area (Å²) in [6, 6.07) is 8.15. The van der Waals surface area contributed by atoms with Gasteiger partial charge in [0.2, 0.25) is 0 Å². The van der Waals surface area contributed by atoms with Crippen LogP contribution >= 0.6 is 0 Å². The van der Waals surface area contributed by atoms with Gasteiger partial charge in [-0.25, -0.2) is 4.39 Å². The predicted octanol–water partition coefficient (Wildman–Crippen LogP) is 3.52. The molecule has 1 N–H and O–H groups in total. The van der Waals surface area contributed by atoms with E-state index in [1.165, 1.54) is 12.1 Å². The minimum Gasteiger partial charge on any atom is -0.455 e. The highest BCUT2D eigenvalue weighted by molar-refractivity contribution is 5.87. The summed E-state index contributed by atoms with van der Waals surface area (Å²) >= 11 is 0. The van der Waals surface area contributed by atoms with Gasteiger partial charge in [0.05, 0.1) is 11.5 Å². The molecule has 0 radical (unpaired) electrons. The number of rotatable bonds is 5. The SMILES string of the molecule is N#CC1(NC(=O)COC(=O)C2(c3ccc(F)cc3)CCCC2)CCCCC1. The molecule has 5 nitrogen and oxygen atoms in total. The van der Waals surface area contributed by atoms with Gasteiger partial charge < -0.3 is 10.1 Å². The number of esters is 1. The Balaban J connectivity index is 1.64. The summed E-state index contributed by atoms with van der Waals surface area (Å²) in [6.45, 7) is -0.398. The van der Waals surface area contributed by atoms with E-state index in [4.69, 9.17) is 4.74 Å². The first-order valence-electron chi connectivity index (χ1n) is 9.65. The molecule has 3 rings (SSSR count). The zero-order chi connectivity index (χ0) is 19.3. The van der Waals surface area contributed by atoms with Gasteiger partial charge in [-0.3, -0.25) is 9.59 Å². The van der Waals surface area contributed by atoms with E-state index in [9.17, 15) is 19.2 Å². The summed E-state index contributed by atoms with van der Waals surface area (Å²) in [5.74, 6) is -1.25. The molecule has 27 heavy (non-hydrogen) atoms. The van der Waals surface area contributed by atoms with Crippen LogP contribution in [0.25, 0.3) is 0 Å². The van der Waals surface area contributed by atoms with E-state index in [1.54, 1.807) is 12.1 Å². The summed E-state index contributed by atoms with van der Waals surface area (Å²) in [5, 5.41) is 12.2. The normalized spacial score (nSPS) is 20.4. The Morgan fingerprint density at radius 2 is 1.63 bits per heavy atom. The van der Waals surface area contributed by atoms with Crippen molar-refractivity contribution < 1.29 is 18.7 Å². The molecule has 0 atom stereocenters. The molecular formula is C21H25FN2O3. The zero-order valence-corrected chi connectivity index (χ0v) is 15.4. The number of hydrogen-bond donors (Lipinski definition) is 1. The number of carbonyl (C=O) groups is 2. The van der Waals surface area contributed by atoms with Crippen LogP contribution in [0.1, 0.15) is 63.4 Å². The van der Waals surface area contributed by atoms with Gasteiger partial charge in [-0.15, -0.1) is 0 Å². The number of carbonyl (C=O) groups excluding carboxylic acids is 2. The van der Waals surface area contributed by atoms with Crippen LogP contribution in [-0.4, -0.2) is 24.0 Å². The second kappa shape index (κ2) is 8.08. The predicted molar refractivity (Wildman–Crippen MR) is 97.1 cm³/mol. The summed E-state index contributed by atoms with van der Waals surface area (Å²) in [6.07, 6.45) is 7.15. The van der Waals surface area contributed by atoms with Crippen LogP contribution in [0, 0.1) is 17.1 Å². The van der Waals surface area contributed by atoms with Gasteiger partial charge in [-0.1, -0.05) is 44.2 Å². The summed E-state index contributed by atoms with van der Waals surface area (Å²) in [4.78, 5) is 25.1. The molecule has 1 amide bonds. The summed E-state index contributed by atoms with van der Waals surface area (Å²) in [5.41, 5.74) is -0.928. The molecule has 144 valence electrons. The van der Waals surface area contributed by atoms with Crippen LogP contribution in [0.2, 0.25) is 0 Å². The molecule has 0 unspecified atom stereocenters. The Labute approximate surface area is 158 Å². The highest BCUT2D eigenvalue weighted by atomic mass is 19.1. The fraction of sp³-hybridized carbons (Fsp3) is 0.571. The Morgan fingerprint density at radius 1 is 1.04 bits per heavy atom. The fourth-order valence-corrected chi connectivity index (χ4v) is 4.35. The molecule has 0 spiro atoms. The molecule has 0 aliphatic heterocycles. The van der Waals surface area contributed by atoms with Crippen LogP contribution in [0.15, 0.2) is 24.3 Å². The largest absolute Gasteiger partial charge is 0.455 e. The van der Waals surface area contributed by atoms with E-state index in [2.05, 4.69) is 11.4 Å². The average molecular weight is 372 g/mol.